The third-order valence-corrected chi connectivity index (χ3v) is 5.20. The number of rotatable bonds is 3. The first-order valence-corrected chi connectivity index (χ1v) is 8.45. The molecule has 0 heterocycles. The molecule has 0 saturated heterocycles. The molecule has 0 aromatic heterocycles. The minimum atomic E-state index is -4.06. The molecule has 1 N–H and O–H groups in total. The lowest BCUT2D eigenvalue weighted by Crippen LogP contribution is -2.34. The van der Waals surface area contributed by atoms with Crippen LogP contribution in [0.5, 0.6) is 0 Å². The summed E-state index contributed by atoms with van der Waals surface area (Å²) in [5.41, 5.74) is -0.106. The molecule has 0 atom stereocenters. The van der Waals surface area contributed by atoms with Gasteiger partial charge in [0.05, 0.1) is 10.0 Å². The van der Waals surface area contributed by atoms with Gasteiger partial charge in [0.1, 0.15) is 4.90 Å². The van der Waals surface area contributed by atoms with Gasteiger partial charge in [-0.3, -0.25) is 4.79 Å². The number of hydrogen-bond donors (Lipinski definition) is 1. The van der Waals surface area contributed by atoms with Gasteiger partial charge < -0.3 is 5.32 Å². The van der Waals surface area contributed by atoms with Crippen LogP contribution in [0.3, 0.4) is 0 Å². The van der Waals surface area contributed by atoms with Crippen molar-refractivity contribution in [3.05, 3.63) is 27.7 Å². The maximum absolute atomic E-state index is 12.0. The molecule has 1 fully saturated rings. The molecule has 4 nitrogen and oxygen atoms in total. The van der Waals surface area contributed by atoms with Gasteiger partial charge in [-0.05, 0) is 31.9 Å². The number of carbonyl (C=O) groups excluding carboxylic acids is 1. The quantitative estimate of drug-likeness (QED) is 0.858. The van der Waals surface area contributed by atoms with E-state index in [1.165, 1.54) is 6.07 Å². The fourth-order valence-corrected chi connectivity index (χ4v) is 3.30. The third-order valence-electron chi connectivity index (χ3n) is 2.94. The van der Waals surface area contributed by atoms with Gasteiger partial charge in [-0.25, -0.2) is 8.42 Å². The van der Waals surface area contributed by atoms with E-state index in [1.54, 1.807) is 0 Å². The molecule has 0 spiro atoms. The minimum absolute atomic E-state index is 0.0329. The van der Waals surface area contributed by atoms with Crippen molar-refractivity contribution in [2.45, 2.75) is 30.2 Å². The number of hydrogen-bond acceptors (Lipinski definition) is 3. The van der Waals surface area contributed by atoms with Crippen LogP contribution in [-0.4, -0.2) is 19.9 Å². The molecule has 0 aliphatic heterocycles. The van der Waals surface area contributed by atoms with Crippen LogP contribution in [0.15, 0.2) is 17.0 Å². The molecule has 1 aromatic rings. The highest BCUT2D eigenvalue weighted by atomic mass is 35.7. The van der Waals surface area contributed by atoms with E-state index in [4.69, 9.17) is 33.9 Å². The van der Waals surface area contributed by atoms with Gasteiger partial charge in [0.2, 0.25) is 0 Å². The SMILES string of the molecule is CC1(NC(=O)c2cc(Cl)c(Cl)c(S(=O)(=O)Cl)c2)CC1. The number of halogens is 3. The summed E-state index contributed by atoms with van der Waals surface area (Å²) in [7, 11) is 1.19. The second-order valence-electron chi connectivity index (χ2n) is 4.72. The van der Waals surface area contributed by atoms with Crippen molar-refractivity contribution in [2.24, 2.45) is 0 Å². The molecule has 1 aromatic carbocycles. The molecule has 1 aliphatic carbocycles. The molecule has 0 unspecified atom stereocenters. The Labute approximate surface area is 125 Å². The second-order valence-corrected chi connectivity index (χ2v) is 8.04. The zero-order valence-electron chi connectivity index (χ0n) is 9.84. The third kappa shape index (κ3) is 3.34. The van der Waals surface area contributed by atoms with Gasteiger partial charge >= 0.3 is 0 Å². The van der Waals surface area contributed by atoms with Gasteiger partial charge in [0.15, 0.2) is 0 Å². The van der Waals surface area contributed by atoms with E-state index in [0.717, 1.165) is 18.9 Å². The van der Waals surface area contributed by atoms with E-state index in [1.807, 2.05) is 6.92 Å². The fourth-order valence-electron chi connectivity index (χ4n) is 1.53. The smallest absolute Gasteiger partial charge is 0.262 e. The van der Waals surface area contributed by atoms with Crippen molar-refractivity contribution in [3.8, 4) is 0 Å². The van der Waals surface area contributed by atoms with Crippen LogP contribution >= 0.6 is 33.9 Å². The molecule has 2 rings (SSSR count). The molecule has 19 heavy (non-hydrogen) atoms. The van der Waals surface area contributed by atoms with Gasteiger partial charge in [-0.1, -0.05) is 23.2 Å². The highest BCUT2D eigenvalue weighted by Gasteiger charge is 2.39. The lowest BCUT2D eigenvalue weighted by atomic mass is 10.2. The normalized spacial score (nSPS) is 17.1. The van der Waals surface area contributed by atoms with Crippen molar-refractivity contribution < 1.29 is 13.2 Å². The van der Waals surface area contributed by atoms with Gasteiger partial charge in [-0.15, -0.1) is 0 Å². The standard InChI is InChI=1S/C11H10Cl3NO3S/c1-11(2-3-11)15-10(16)6-4-7(12)9(13)8(5-6)19(14,17)18/h4-5H,2-3H2,1H3,(H,15,16). The maximum Gasteiger partial charge on any atom is 0.262 e. The van der Waals surface area contributed by atoms with E-state index in [2.05, 4.69) is 5.32 Å². The number of carbonyl (C=O) groups is 1. The number of nitrogens with one attached hydrogen (secondary N) is 1. The fraction of sp³-hybridized carbons (Fsp3) is 0.364. The van der Waals surface area contributed by atoms with E-state index >= 15 is 0 Å². The largest absolute Gasteiger partial charge is 0.347 e. The zero-order chi connectivity index (χ0) is 14.4. The van der Waals surface area contributed by atoms with E-state index in [-0.39, 0.29) is 26.0 Å². The van der Waals surface area contributed by atoms with Crippen molar-refractivity contribution in [1.82, 2.24) is 5.32 Å². The first-order valence-electron chi connectivity index (χ1n) is 5.39. The van der Waals surface area contributed by atoms with Crippen molar-refractivity contribution in [1.29, 1.82) is 0 Å². The Kier molecular flexibility index (Phi) is 3.77. The Morgan fingerprint density at radius 2 is 1.89 bits per heavy atom. The first kappa shape index (κ1) is 14.9. The van der Waals surface area contributed by atoms with Gasteiger partial charge in [-0.2, -0.15) is 0 Å². The van der Waals surface area contributed by atoms with Crippen LogP contribution in [0.1, 0.15) is 30.1 Å². The molecule has 0 bridgehead atoms. The van der Waals surface area contributed by atoms with Crippen LogP contribution in [-0.2, 0) is 9.05 Å². The Hall–Kier alpha value is -0.490. The molecule has 1 aliphatic rings. The predicted octanol–water partition coefficient (Wildman–Crippen LogP) is 3.20. The molecule has 1 amide bonds. The van der Waals surface area contributed by atoms with Gasteiger partial charge in [0.25, 0.3) is 15.0 Å². The molecule has 8 heteroatoms. The second kappa shape index (κ2) is 4.81. The Balaban J connectivity index is 2.42. The maximum atomic E-state index is 12.0. The van der Waals surface area contributed by atoms with E-state index in [0.29, 0.717) is 0 Å². The van der Waals surface area contributed by atoms with E-state index in [9.17, 15) is 13.2 Å². The molecule has 1 saturated carbocycles. The van der Waals surface area contributed by atoms with E-state index < -0.39 is 15.0 Å². The average molecular weight is 343 g/mol. The summed E-state index contributed by atoms with van der Waals surface area (Å²) in [6.45, 7) is 1.90. The highest BCUT2D eigenvalue weighted by Crippen LogP contribution is 2.36. The van der Waals surface area contributed by atoms with Crippen molar-refractivity contribution >= 4 is 48.8 Å². The lowest BCUT2D eigenvalue weighted by molar-refractivity contribution is 0.0935. The molecular weight excluding hydrogens is 333 g/mol. The molecular formula is C11H10Cl3NO3S. The summed E-state index contributed by atoms with van der Waals surface area (Å²) in [6.07, 6.45) is 1.78. The lowest BCUT2D eigenvalue weighted by Gasteiger charge is -2.12. The predicted molar refractivity (Wildman–Crippen MR) is 74.6 cm³/mol. The van der Waals surface area contributed by atoms with Crippen molar-refractivity contribution in [2.75, 3.05) is 0 Å². The summed E-state index contributed by atoms with van der Waals surface area (Å²) in [4.78, 5) is 11.6. The summed E-state index contributed by atoms with van der Waals surface area (Å²) >= 11 is 11.6. The highest BCUT2D eigenvalue weighted by molar-refractivity contribution is 8.13. The number of amides is 1. The summed E-state index contributed by atoms with van der Waals surface area (Å²) < 4.78 is 22.7. The zero-order valence-corrected chi connectivity index (χ0v) is 12.9. The summed E-state index contributed by atoms with van der Waals surface area (Å²) in [6, 6.07) is 2.44. The van der Waals surface area contributed by atoms with Crippen LogP contribution in [0.25, 0.3) is 0 Å². The topological polar surface area (TPSA) is 63.2 Å². The Bertz CT molecular complexity index is 653. The summed E-state index contributed by atoms with van der Waals surface area (Å²) in [5.74, 6) is -0.403. The summed E-state index contributed by atoms with van der Waals surface area (Å²) in [5, 5.41) is 2.57. The van der Waals surface area contributed by atoms with Crippen molar-refractivity contribution in [3.63, 3.8) is 0 Å². The Morgan fingerprint density at radius 1 is 1.32 bits per heavy atom. The van der Waals surface area contributed by atoms with Crippen LogP contribution < -0.4 is 5.32 Å². The van der Waals surface area contributed by atoms with Crippen LogP contribution in [0.4, 0.5) is 0 Å². The first-order chi connectivity index (χ1) is 8.62. The average Bonchev–Trinajstić information content (AvgIpc) is 2.98. The monoisotopic (exact) mass is 341 g/mol. The van der Waals surface area contributed by atoms with Crippen LogP contribution in [0, 0.1) is 0 Å². The molecule has 104 valence electrons. The molecule has 0 radical (unpaired) electrons. The Morgan fingerprint density at radius 3 is 2.37 bits per heavy atom. The number of benzene rings is 1. The minimum Gasteiger partial charge on any atom is -0.347 e. The van der Waals surface area contributed by atoms with Gasteiger partial charge in [0, 0.05) is 21.8 Å². The van der Waals surface area contributed by atoms with Crippen LogP contribution in [0.2, 0.25) is 10.0 Å².